The van der Waals surface area contributed by atoms with Gasteiger partial charge in [-0.2, -0.15) is 0 Å². The first kappa shape index (κ1) is 16.5. The minimum Gasteiger partial charge on any atom is -0.444 e. The fourth-order valence-corrected chi connectivity index (χ4v) is 3.21. The van der Waals surface area contributed by atoms with Crippen molar-refractivity contribution in [3.63, 3.8) is 0 Å². The normalized spacial score (nSPS) is 14.4. The zero-order valence-electron chi connectivity index (χ0n) is 12.1. The molecule has 6 heteroatoms. The summed E-state index contributed by atoms with van der Waals surface area (Å²) in [4.78, 5) is 4.18. The van der Waals surface area contributed by atoms with Gasteiger partial charge in [-0.1, -0.05) is 43.1 Å². The Morgan fingerprint density at radius 2 is 1.95 bits per heavy atom. The smallest absolute Gasteiger partial charge is 0.207 e. The van der Waals surface area contributed by atoms with Gasteiger partial charge in [0.2, 0.25) is 5.89 Å². The van der Waals surface area contributed by atoms with E-state index in [1.807, 2.05) is 26.8 Å². The van der Waals surface area contributed by atoms with Gasteiger partial charge < -0.3 is 4.42 Å². The summed E-state index contributed by atoms with van der Waals surface area (Å²) in [6.45, 7) is 5.95. The summed E-state index contributed by atoms with van der Waals surface area (Å²) < 4.78 is 18.0. The Labute approximate surface area is 137 Å². The zero-order valence-corrected chi connectivity index (χ0v) is 14.4. The van der Waals surface area contributed by atoms with Crippen LogP contribution in [0, 0.1) is 0 Å². The van der Waals surface area contributed by atoms with Gasteiger partial charge in [0, 0.05) is 16.7 Å². The van der Waals surface area contributed by atoms with E-state index in [-0.39, 0.29) is 16.9 Å². The first-order valence-electron chi connectivity index (χ1n) is 6.65. The Balaban J connectivity index is 2.09. The molecular formula is C15H17Cl2NO2S. The van der Waals surface area contributed by atoms with E-state index in [4.69, 9.17) is 27.6 Å². The standard InChI is InChI=1S/C15H17Cl2NO2S/c1-9(2)14-7-18-15(20-14)8-21(19)10(3)11-4-5-12(16)13(17)6-11/h4-7,9-10H,8H2,1-3H3/t10-,21-/m1/s1. The molecule has 0 saturated heterocycles. The highest BCUT2D eigenvalue weighted by Crippen LogP contribution is 2.29. The van der Waals surface area contributed by atoms with Crippen LogP contribution >= 0.6 is 23.2 Å². The third-order valence-electron chi connectivity index (χ3n) is 3.21. The maximum Gasteiger partial charge on any atom is 0.207 e. The molecule has 0 amide bonds. The maximum absolute atomic E-state index is 12.4. The Hall–Kier alpha value is -0.840. The van der Waals surface area contributed by atoms with Gasteiger partial charge in [-0.05, 0) is 24.6 Å². The molecule has 0 radical (unpaired) electrons. The molecule has 0 fully saturated rings. The van der Waals surface area contributed by atoms with E-state index in [0.29, 0.717) is 15.9 Å². The highest BCUT2D eigenvalue weighted by molar-refractivity contribution is 7.84. The van der Waals surface area contributed by atoms with Crippen LogP contribution in [0.5, 0.6) is 0 Å². The quantitative estimate of drug-likeness (QED) is 0.755. The number of aromatic nitrogens is 1. The van der Waals surface area contributed by atoms with Crippen molar-refractivity contribution < 1.29 is 8.63 Å². The molecule has 0 spiro atoms. The lowest BCUT2D eigenvalue weighted by atomic mass is 10.2. The van der Waals surface area contributed by atoms with Crippen LogP contribution in [0.1, 0.15) is 49.2 Å². The van der Waals surface area contributed by atoms with Crippen LogP contribution in [0.3, 0.4) is 0 Å². The minimum atomic E-state index is -1.14. The van der Waals surface area contributed by atoms with Crippen LogP contribution in [-0.2, 0) is 16.6 Å². The summed E-state index contributed by atoms with van der Waals surface area (Å²) in [7, 11) is -1.14. The van der Waals surface area contributed by atoms with E-state index in [0.717, 1.165) is 11.3 Å². The SMILES string of the molecule is CC(C)c1cnc(C[S@@](=O)[C@H](C)c2ccc(Cl)c(Cl)c2)o1. The van der Waals surface area contributed by atoms with Crippen molar-refractivity contribution in [1.82, 2.24) is 4.98 Å². The van der Waals surface area contributed by atoms with E-state index < -0.39 is 10.8 Å². The molecule has 1 heterocycles. The summed E-state index contributed by atoms with van der Waals surface area (Å²) in [5.41, 5.74) is 0.887. The number of halogens is 2. The molecule has 1 aromatic carbocycles. The fourth-order valence-electron chi connectivity index (χ4n) is 1.82. The zero-order chi connectivity index (χ0) is 15.6. The van der Waals surface area contributed by atoms with Gasteiger partial charge in [0.05, 0.1) is 21.5 Å². The summed E-state index contributed by atoms with van der Waals surface area (Å²) in [5.74, 6) is 1.87. The molecule has 0 aliphatic rings. The van der Waals surface area contributed by atoms with E-state index in [1.54, 1.807) is 18.3 Å². The molecule has 0 saturated carbocycles. The Bertz CT molecular complexity index is 655. The minimum absolute atomic E-state index is 0.172. The maximum atomic E-state index is 12.4. The third kappa shape index (κ3) is 4.09. The highest BCUT2D eigenvalue weighted by Gasteiger charge is 2.18. The summed E-state index contributed by atoms with van der Waals surface area (Å²) >= 11 is 11.9. The molecule has 3 nitrogen and oxygen atoms in total. The molecular weight excluding hydrogens is 329 g/mol. The van der Waals surface area contributed by atoms with Crippen molar-refractivity contribution in [2.24, 2.45) is 0 Å². The van der Waals surface area contributed by atoms with Gasteiger partial charge in [0.1, 0.15) is 11.5 Å². The predicted octanol–water partition coefficient (Wildman–Crippen LogP) is 5.11. The molecule has 21 heavy (non-hydrogen) atoms. The number of oxazole rings is 1. The summed E-state index contributed by atoms with van der Waals surface area (Å²) in [6.07, 6.45) is 1.70. The average Bonchev–Trinajstić information content (AvgIpc) is 2.89. The van der Waals surface area contributed by atoms with Crippen molar-refractivity contribution in [3.05, 3.63) is 51.7 Å². The number of nitrogens with zero attached hydrogens (tertiary/aromatic N) is 1. The van der Waals surface area contributed by atoms with E-state index in [9.17, 15) is 4.21 Å². The molecule has 0 aliphatic carbocycles. The Morgan fingerprint density at radius 3 is 2.52 bits per heavy atom. The lowest BCUT2D eigenvalue weighted by molar-refractivity contribution is 0.452. The molecule has 114 valence electrons. The predicted molar refractivity (Wildman–Crippen MR) is 87.3 cm³/mol. The van der Waals surface area contributed by atoms with Crippen LogP contribution in [0.2, 0.25) is 10.0 Å². The van der Waals surface area contributed by atoms with Crippen molar-refractivity contribution in [3.8, 4) is 0 Å². The molecule has 2 atom stereocenters. The lowest BCUT2D eigenvalue weighted by Gasteiger charge is -2.11. The molecule has 0 unspecified atom stereocenters. The van der Waals surface area contributed by atoms with Crippen molar-refractivity contribution in [2.75, 3.05) is 0 Å². The molecule has 2 aromatic rings. The first-order valence-corrected chi connectivity index (χ1v) is 8.79. The monoisotopic (exact) mass is 345 g/mol. The van der Waals surface area contributed by atoms with Gasteiger partial charge in [0.25, 0.3) is 0 Å². The lowest BCUT2D eigenvalue weighted by Crippen LogP contribution is -2.05. The number of rotatable bonds is 5. The van der Waals surface area contributed by atoms with E-state index >= 15 is 0 Å². The summed E-state index contributed by atoms with van der Waals surface area (Å²) in [5, 5.41) is 0.790. The van der Waals surface area contributed by atoms with Gasteiger partial charge >= 0.3 is 0 Å². The van der Waals surface area contributed by atoms with Crippen LogP contribution in [0.15, 0.2) is 28.8 Å². The summed E-state index contributed by atoms with van der Waals surface area (Å²) in [6, 6.07) is 5.31. The molecule has 2 rings (SSSR count). The number of hydrogen-bond donors (Lipinski definition) is 0. The largest absolute Gasteiger partial charge is 0.444 e. The van der Waals surface area contributed by atoms with Crippen LogP contribution in [0.4, 0.5) is 0 Å². The van der Waals surface area contributed by atoms with E-state index in [2.05, 4.69) is 4.98 Å². The van der Waals surface area contributed by atoms with E-state index in [1.165, 1.54) is 0 Å². The van der Waals surface area contributed by atoms with Crippen LogP contribution in [0.25, 0.3) is 0 Å². The van der Waals surface area contributed by atoms with Gasteiger partial charge in [-0.25, -0.2) is 4.98 Å². The van der Waals surface area contributed by atoms with Crippen LogP contribution in [-0.4, -0.2) is 9.19 Å². The van der Waals surface area contributed by atoms with Gasteiger partial charge in [-0.15, -0.1) is 0 Å². The van der Waals surface area contributed by atoms with Gasteiger partial charge in [-0.3, -0.25) is 4.21 Å². The molecule has 0 aliphatic heterocycles. The van der Waals surface area contributed by atoms with Crippen molar-refractivity contribution in [1.29, 1.82) is 0 Å². The molecule has 1 aromatic heterocycles. The second kappa shape index (κ2) is 6.95. The second-order valence-corrected chi connectivity index (χ2v) is 7.72. The second-order valence-electron chi connectivity index (χ2n) is 5.15. The fraction of sp³-hybridized carbons (Fsp3) is 0.400. The third-order valence-corrected chi connectivity index (χ3v) is 5.54. The average molecular weight is 346 g/mol. The van der Waals surface area contributed by atoms with Crippen molar-refractivity contribution >= 4 is 34.0 Å². The molecule has 0 N–H and O–H groups in total. The highest BCUT2D eigenvalue weighted by atomic mass is 35.5. The van der Waals surface area contributed by atoms with Gasteiger partial charge in [0.15, 0.2) is 0 Å². The number of benzene rings is 1. The Morgan fingerprint density at radius 1 is 1.24 bits per heavy atom. The first-order chi connectivity index (χ1) is 9.88. The number of hydrogen-bond acceptors (Lipinski definition) is 3. The molecule has 0 bridgehead atoms. The topological polar surface area (TPSA) is 43.1 Å². The Kier molecular flexibility index (Phi) is 5.47. The van der Waals surface area contributed by atoms with Crippen LogP contribution < -0.4 is 0 Å². The van der Waals surface area contributed by atoms with Crippen molar-refractivity contribution in [2.45, 2.75) is 37.7 Å².